The number of nitrogens with zero attached hydrogens (tertiary/aromatic N) is 3. The molecule has 0 spiro atoms. The molecule has 11 heteroatoms. The summed E-state index contributed by atoms with van der Waals surface area (Å²) >= 11 is 5.07. The highest BCUT2D eigenvalue weighted by Crippen LogP contribution is 2.31. The van der Waals surface area contributed by atoms with Crippen LogP contribution in [0.5, 0.6) is 11.5 Å². The molecule has 136 valence electrons. The Morgan fingerprint density at radius 3 is 2.80 bits per heavy atom. The van der Waals surface area contributed by atoms with Crippen molar-refractivity contribution < 1.29 is 19.9 Å². The minimum absolute atomic E-state index is 0.0770. The minimum atomic E-state index is -0.753. The summed E-state index contributed by atoms with van der Waals surface area (Å²) in [4.78, 5) is 12.3. The van der Waals surface area contributed by atoms with E-state index in [1.807, 2.05) is 0 Å². The monoisotopic (exact) mass is 369 g/mol. The lowest BCUT2D eigenvalue weighted by atomic mass is 10.2. The van der Waals surface area contributed by atoms with Crippen molar-refractivity contribution in [3.8, 4) is 11.5 Å². The molecule has 1 heterocycles. The number of nitrogens with one attached hydrogen (secondary N) is 2. The van der Waals surface area contributed by atoms with E-state index in [1.165, 1.54) is 6.21 Å². The first-order valence-electron chi connectivity index (χ1n) is 7.54. The average molecular weight is 369 g/mol. The molecule has 1 aliphatic heterocycles. The Bertz CT molecular complexity index is 663. The first-order valence-corrected chi connectivity index (χ1v) is 7.95. The molecule has 2 rings (SSSR count). The molecule has 0 unspecified atom stereocenters. The van der Waals surface area contributed by atoms with Crippen LogP contribution in [-0.4, -0.2) is 70.8 Å². The van der Waals surface area contributed by atoms with Gasteiger partial charge in [0, 0.05) is 43.9 Å². The van der Waals surface area contributed by atoms with E-state index >= 15 is 0 Å². The smallest absolute Gasteiger partial charge is 0.311 e. The fraction of sp³-hybridized carbons (Fsp3) is 0.429. The molecule has 1 aromatic rings. The summed E-state index contributed by atoms with van der Waals surface area (Å²) in [6, 6.07) is 1.91. The molecule has 10 nitrogen and oxygen atoms in total. The predicted molar refractivity (Wildman–Crippen MR) is 95.0 cm³/mol. The van der Waals surface area contributed by atoms with Gasteiger partial charge in [-0.1, -0.05) is 0 Å². The van der Waals surface area contributed by atoms with Crippen LogP contribution in [0.15, 0.2) is 17.2 Å². The number of aromatic hydroxyl groups is 2. The topological polar surface area (TPSA) is 132 Å². The van der Waals surface area contributed by atoms with Crippen LogP contribution in [0.1, 0.15) is 5.56 Å². The van der Waals surface area contributed by atoms with Gasteiger partial charge in [-0.05, 0) is 12.2 Å². The van der Waals surface area contributed by atoms with E-state index in [9.17, 15) is 20.3 Å². The van der Waals surface area contributed by atoms with Crippen LogP contribution < -0.4 is 10.7 Å². The maximum atomic E-state index is 10.8. The molecule has 1 aromatic carbocycles. The van der Waals surface area contributed by atoms with Crippen LogP contribution in [0, 0.1) is 10.1 Å². The summed E-state index contributed by atoms with van der Waals surface area (Å²) in [7, 11) is 0. The third kappa shape index (κ3) is 5.81. The second-order valence-corrected chi connectivity index (χ2v) is 5.65. The molecule has 0 saturated carbocycles. The molecule has 4 N–H and O–H groups in total. The average Bonchev–Trinajstić information content (AvgIpc) is 2.57. The molecule has 0 amide bonds. The molecule has 0 aliphatic carbocycles. The van der Waals surface area contributed by atoms with Gasteiger partial charge in [0.1, 0.15) is 5.75 Å². The molecule has 1 saturated heterocycles. The number of benzene rings is 1. The van der Waals surface area contributed by atoms with Gasteiger partial charge in [-0.25, -0.2) is 0 Å². The molecule has 0 atom stereocenters. The summed E-state index contributed by atoms with van der Waals surface area (Å²) in [6.45, 7) is 4.69. The third-order valence-electron chi connectivity index (χ3n) is 3.51. The van der Waals surface area contributed by atoms with E-state index in [1.54, 1.807) is 0 Å². The first kappa shape index (κ1) is 18.8. The normalized spacial score (nSPS) is 15.2. The fourth-order valence-electron chi connectivity index (χ4n) is 2.18. The van der Waals surface area contributed by atoms with E-state index in [0.717, 1.165) is 45.0 Å². The fourth-order valence-corrected chi connectivity index (χ4v) is 2.34. The van der Waals surface area contributed by atoms with Crippen molar-refractivity contribution in [3.63, 3.8) is 0 Å². The summed E-state index contributed by atoms with van der Waals surface area (Å²) in [5, 5.41) is 37.0. The van der Waals surface area contributed by atoms with Crippen molar-refractivity contribution in [2.75, 3.05) is 39.4 Å². The molecular formula is C14H19N5O5S. The van der Waals surface area contributed by atoms with Gasteiger partial charge >= 0.3 is 5.69 Å². The van der Waals surface area contributed by atoms with Gasteiger partial charge in [-0.2, -0.15) is 5.10 Å². The van der Waals surface area contributed by atoms with E-state index in [0.29, 0.717) is 6.54 Å². The van der Waals surface area contributed by atoms with Crippen molar-refractivity contribution in [1.29, 1.82) is 0 Å². The molecule has 25 heavy (non-hydrogen) atoms. The second-order valence-electron chi connectivity index (χ2n) is 5.24. The Labute approximate surface area is 149 Å². The van der Waals surface area contributed by atoms with Crippen molar-refractivity contribution in [2.45, 2.75) is 0 Å². The van der Waals surface area contributed by atoms with Crippen LogP contribution in [0.2, 0.25) is 0 Å². The number of thiocarbonyl (C=S) groups is 1. The van der Waals surface area contributed by atoms with E-state index < -0.39 is 16.4 Å². The van der Waals surface area contributed by atoms with Crippen molar-refractivity contribution in [2.24, 2.45) is 5.10 Å². The number of hydrogen-bond donors (Lipinski definition) is 4. The number of morpholine rings is 1. The van der Waals surface area contributed by atoms with Gasteiger partial charge in [0.2, 0.25) is 0 Å². The zero-order chi connectivity index (χ0) is 18.2. The molecule has 1 fully saturated rings. The number of phenolic OH excluding ortho intramolecular Hbond substituents is 2. The summed E-state index contributed by atoms with van der Waals surface area (Å²) in [6.07, 6.45) is 1.18. The summed E-state index contributed by atoms with van der Waals surface area (Å²) < 4.78 is 5.26. The molecule has 0 bridgehead atoms. The van der Waals surface area contributed by atoms with Crippen LogP contribution in [-0.2, 0) is 4.74 Å². The lowest BCUT2D eigenvalue weighted by molar-refractivity contribution is -0.385. The largest absolute Gasteiger partial charge is 0.507 e. The number of hydrogen-bond acceptors (Lipinski definition) is 8. The number of hydrazone groups is 1. The maximum absolute atomic E-state index is 10.8. The minimum Gasteiger partial charge on any atom is -0.507 e. The molecular weight excluding hydrogens is 350 g/mol. The Morgan fingerprint density at radius 2 is 2.12 bits per heavy atom. The van der Waals surface area contributed by atoms with Crippen LogP contribution >= 0.6 is 12.2 Å². The van der Waals surface area contributed by atoms with Gasteiger partial charge in [0.15, 0.2) is 10.9 Å². The molecule has 1 aliphatic rings. The van der Waals surface area contributed by atoms with Crippen molar-refractivity contribution >= 4 is 29.2 Å². The Hall–Kier alpha value is -2.50. The van der Waals surface area contributed by atoms with E-state index in [4.69, 9.17) is 17.0 Å². The van der Waals surface area contributed by atoms with E-state index in [2.05, 4.69) is 20.7 Å². The van der Waals surface area contributed by atoms with Crippen molar-refractivity contribution in [1.82, 2.24) is 15.6 Å². The van der Waals surface area contributed by atoms with Crippen LogP contribution in [0.25, 0.3) is 0 Å². The van der Waals surface area contributed by atoms with Gasteiger partial charge in [-0.3, -0.25) is 20.4 Å². The highest BCUT2D eigenvalue weighted by atomic mass is 32.1. The summed E-state index contributed by atoms with van der Waals surface area (Å²) in [5.74, 6) is -0.951. The molecule has 0 aromatic heterocycles. The number of nitro benzene ring substituents is 1. The van der Waals surface area contributed by atoms with Crippen molar-refractivity contribution in [3.05, 3.63) is 27.8 Å². The predicted octanol–water partition coefficient (Wildman–Crippen LogP) is 0.136. The highest BCUT2D eigenvalue weighted by Gasteiger charge is 2.16. The Balaban J connectivity index is 1.80. The zero-order valence-corrected chi connectivity index (χ0v) is 14.2. The zero-order valence-electron chi connectivity index (χ0n) is 13.3. The quantitative estimate of drug-likeness (QED) is 0.239. The van der Waals surface area contributed by atoms with Gasteiger partial charge in [0.25, 0.3) is 0 Å². The van der Waals surface area contributed by atoms with Crippen LogP contribution in [0.4, 0.5) is 5.69 Å². The van der Waals surface area contributed by atoms with Gasteiger partial charge in [-0.15, -0.1) is 0 Å². The molecule has 0 radical (unpaired) electrons. The number of ether oxygens (including phenoxy) is 1. The number of nitro groups is 1. The summed E-state index contributed by atoms with van der Waals surface area (Å²) in [5.41, 5.74) is 2.12. The Kier molecular flexibility index (Phi) is 6.86. The van der Waals surface area contributed by atoms with Gasteiger partial charge in [0.05, 0.1) is 24.4 Å². The SMILES string of the molecule is O=[N+]([O-])c1cc(/C=N/NC(=S)NCCN2CCOCC2)c(O)cc1O. The standard InChI is InChI=1S/C14H19N5O5S/c20-12-8-13(21)11(19(22)23)7-10(12)9-16-17-14(25)15-1-2-18-3-5-24-6-4-18/h7-9,20-21H,1-6H2,(H2,15,17,25)/b16-9+. The van der Waals surface area contributed by atoms with Crippen LogP contribution in [0.3, 0.4) is 0 Å². The lowest BCUT2D eigenvalue weighted by Gasteiger charge is -2.26. The maximum Gasteiger partial charge on any atom is 0.311 e. The third-order valence-corrected chi connectivity index (χ3v) is 3.74. The highest BCUT2D eigenvalue weighted by molar-refractivity contribution is 7.80. The lowest BCUT2D eigenvalue weighted by Crippen LogP contribution is -2.42. The number of rotatable bonds is 6. The van der Waals surface area contributed by atoms with Gasteiger partial charge < -0.3 is 20.3 Å². The Morgan fingerprint density at radius 1 is 1.40 bits per heavy atom. The van der Waals surface area contributed by atoms with E-state index in [-0.39, 0.29) is 16.4 Å². The second kappa shape index (κ2) is 9.11. The first-order chi connectivity index (χ1) is 12.0. The number of phenols is 2.